The average Bonchev–Trinajstić information content (AvgIpc) is 2.62. The Morgan fingerprint density at radius 2 is 2.10 bits per heavy atom. The third kappa shape index (κ3) is 4.94. The molecule has 1 aromatic heterocycles. The van der Waals surface area contributed by atoms with Crippen LogP contribution in [0.2, 0.25) is 0 Å². The molecule has 0 bridgehead atoms. The Balaban J connectivity index is 2.62. The lowest BCUT2D eigenvalue weighted by Gasteiger charge is -2.09. The van der Waals surface area contributed by atoms with E-state index >= 15 is 0 Å². The van der Waals surface area contributed by atoms with E-state index in [9.17, 15) is 4.79 Å². The Morgan fingerprint density at radius 3 is 2.70 bits per heavy atom. The van der Waals surface area contributed by atoms with Gasteiger partial charge in [0, 0.05) is 37.5 Å². The zero-order chi connectivity index (χ0) is 15.1. The zero-order valence-electron chi connectivity index (χ0n) is 13.1. The second kappa shape index (κ2) is 8.01. The Labute approximate surface area is 120 Å². The monoisotopic (exact) mass is 282 g/mol. The molecule has 0 aliphatic rings. The topological polar surface area (TPSA) is 68.2 Å². The fraction of sp³-hybridized carbons (Fsp3) is 0.714. The van der Waals surface area contributed by atoms with Crippen LogP contribution in [0, 0.1) is 13.8 Å². The van der Waals surface area contributed by atoms with Crippen molar-refractivity contribution in [2.24, 2.45) is 0 Å². The van der Waals surface area contributed by atoms with Crippen molar-refractivity contribution < 1.29 is 9.53 Å². The normalized spacial score (nSPS) is 11.1. The number of nitrogens with one attached hydrogen (secondary N) is 2. The number of amides is 1. The number of ether oxygens (including phenoxy) is 1. The van der Waals surface area contributed by atoms with Gasteiger partial charge in [-0.3, -0.25) is 9.48 Å². The summed E-state index contributed by atoms with van der Waals surface area (Å²) in [6.07, 6.45) is 0. The van der Waals surface area contributed by atoms with Gasteiger partial charge in [0.2, 0.25) is 5.91 Å². The molecule has 6 heteroatoms. The molecule has 1 aromatic rings. The van der Waals surface area contributed by atoms with Crippen molar-refractivity contribution in [3.05, 3.63) is 17.0 Å². The summed E-state index contributed by atoms with van der Waals surface area (Å²) in [4.78, 5) is 11.8. The second-order valence-corrected chi connectivity index (χ2v) is 5.19. The molecule has 0 aliphatic carbocycles. The van der Waals surface area contributed by atoms with Crippen LogP contribution in [-0.4, -0.2) is 42.0 Å². The molecule has 0 atom stereocenters. The maximum Gasteiger partial charge on any atom is 0.241 e. The Morgan fingerprint density at radius 1 is 1.40 bits per heavy atom. The molecule has 0 aliphatic heterocycles. The number of aromatic nitrogens is 2. The molecule has 0 saturated heterocycles. The Hall–Kier alpha value is -1.40. The number of rotatable bonds is 8. The van der Waals surface area contributed by atoms with Crippen molar-refractivity contribution in [2.45, 2.75) is 46.8 Å². The lowest BCUT2D eigenvalue weighted by Crippen LogP contribution is -2.31. The summed E-state index contributed by atoms with van der Waals surface area (Å²) < 4.78 is 6.66. The summed E-state index contributed by atoms with van der Waals surface area (Å²) in [5, 5.41) is 10.6. The van der Waals surface area contributed by atoms with Crippen molar-refractivity contribution >= 4 is 5.91 Å². The first-order chi connectivity index (χ1) is 9.45. The van der Waals surface area contributed by atoms with Crippen LogP contribution in [0.15, 0.2) is 0 Å². The minimum absolute atomic E-state index is 0.0454. The molecule has 0 spiro atoms. The molecule has 20 heavy (non-hydrogen) atoms. The third-order valence-electron chi connectivity index (χ3n) is 3.14. The number of carbonyl (C=O) groups excluding carboxylic acids is 1. The molecular weight excluding hydrogens is 256 g/mol. The van der Waals surface area contributed by atoms with Crippen LogP contribution in [-0.2, 0) is 22.6 Å². The smallest absolute Gasteiger partial charge is 0.241 e. The molecule has 6 nitrogen and oxygen atoms in total. The molecule has 1 rings (SSSR count). The summed E-state index contributed by atoms with van der Waals surface area (Å²) in [6.45, 7) is 10.3. The van der Waals surface area contributed by atoms with E-state index in [1.54, 1.807) is 11.8 Å². The van der Waals surface area contributed by atoms with Crippen molar-refractivity contribution in [1.82, 2.24) is 20.4 Å². The Bertz CT molecular complexity index is 441. The molecule has 1 heterocycles. The van der Waals surface area contributed by atoms with E-state index in [0.29, 0.717) is 19.2 Å². The molecule has 0 fully saturated rings. The van der Waals surface area contributed by atoms with Gasteiger partial charge in [-0.25, -0.2) is 0 Å². The largest absolute Gasteiger partial charge is 0.383 e. The highest BCUT2D eigenvalue weighted by Gasteiger charge is 2.13. The first kappa shape index (κ1) is 16.7. The first-order valence-electron chi connectivity index (χ1n) is 6.97. The number of nitrogens with zero attached hydrogens (tertiary/aromatic N) is 2. The van der Waals surface area contributed by atoms with Crippen molar-refractivity contribution in [1.29, 1.82) is 0 Å². The van der Waals surface area contributed by atoms with E-state index < -0.39 is 0 Å². The van der Waals surface area contributed by atoms with E-state index in [4.69, 9.17) is 4.74 Å². The number of carbonyl (C=O) groups is 1. The van der Waals surface area contributed by atoms with Crippen molar-refractivity contribution in [2.75, 3.05) is 20.3 Å². The molecule has 0 saturated carbocycles. The maximum atomic E-state index is 11.8. The molecule has 0 radical (unpaired) electrons. The van der Waals surface area contributed by atoms with E-state index in [1.807, 2.05) is 13.8 Å². The fourth-order valence-electron chi connectivity index (χ4n) is 1.93. The number of hydrogen-bond acceptors (Lipinski definition) is 4. The lowest BCUT2D eigenvalue weighted by atomic mass is 10.2. The van der Waals surface area contributed by atoms with Gasteiger partial charge in [0.15, 0.2) is 0 Å². The molecule has 114 valence electrons. The molecule has 0 aromatic carbocycles. The van der Waals surface area contributed by atoms with Gasteiger partial charge in [0.05, 0.1) is 12.3 Å². The minimum Gasteiger partial charge on any atom is -0.383 e. The van der Waals surface area contributed by atoms with Gasteiger partial charge in [0.1, 0.15) is 6.54 Å². The second-order valence-electron chi connectivity index (χ2n) is 5.19. The van der Waals surface area contributed by atoms with Crippen molar-refractivity contribution in [3.63, 3.8) is 0 Å². The number of methoxy groups -OCH3 is 1. The van der Waals surface area contributed by atoms with Crippen LogP contribution >= 0.6 is 0 Å². The van der Waals surface area contributed by atoms with E-state index in [1.165, 1.54) is 5.56 Å². The van der Waals surface area contributed by atoms with Crippen LogP contribution in [0.25, 0.3) is 0 Å². The van der Waals surface area contributed by atoms with Crippen LogP contribution in [0.3, 0.4) is 0 Å². The highest BCUT2D eigenvalue weighted by atomic mass is 16.5. The summed E-state index contributed by atoms with van der Waals surface area (Å²) >= 11 is 0. The molecule has 0 unspecified atom stereocenters. The van der Waals surface area contributed by atoms with Gasteiger partial charge >= 0.3 is 0 Å². The van der Waals surface area contributed by atoms with Gasteiger partial charge in [-0.1, -0.05) is 13.8 Å². The van der Waals surface area contributed by atoms with E-state index in [-0.39, 0.29) is 12.5 Å². The minimum atomic E-state index is -0.0454. The Kier molecular flexibility index (Phi) is 6.67. The van der Waals surface area contributed by atoms with E-state index in [2.05, 4.69) is 29.6 Å². The third-order valence-corrected chi connectivity index (χ3v) is 3.14. The average molecular weight is 282 g/mol. The quantitative estimate of drug-likeness (QED) is 0.691. The highest BCUT2D eigenvalue weighted by molar-refractivity contribution is 5.75. The predicted molar refractivity (Wildman–Crippen MR) is 78.6 cm³/mol. The molecule has 1 amide bonds. The fourth-order valence-corrected chi connectivity index (χ4v) is 1.93. The van der Waals surface area contributed by atoms with Crippen LogP contribution in [0.4, 0.5) is 0 Å². The first-order valence-corrected chi connectivity index (χ1v) is 6.97. The highest BCUT2D eigenvalue weighted by Crippen LogP contribution is 2.12. The van der Waals surface area contributed by atoms with Gasteiger partial charge in [0.25, 0.3) is 0 Å². The van der Waals surface area contributed by atoms with E-state index in [0.717, 1.165) is 17.9 Å². The number of aryl methyl sites for hydroxylation is 1. The lowest BCUT2D eigenvalue weighted by molar-refractivity contribution is -0.122. The van der Waals surface area contributed by atoms with Crippen LogP contribution in [0.5, 0.6) is 0 Å². The summed E-state index contributed by atoms with van der Waals surface area (Å²) in [6, 6.07) is 0.425. The maximum absolute atomic E-state index is 11.8. The standard InChI is InChI=1S/C14H26N4O2/c1-10(2)16-8-13-11(3)17-18(12(13)4)9-14(19)15-6-7-20-5/h10,16H,6-9H2,1-5H3,(H,15,19). The van der Waals surface area contributed by atoms with Crippen LogP contribution < -0.4 is 10.6 Å². The van der Waals surface area contributed by atoms with Gasteiger partial charge in [-0.15, -0.1) is 0 Å². The van der Waals surface area contributed by atoms with Gasteiger partial charge in [-0.2, -0.15) is 5.10 Å². The zero-order valence-corrected chi connectivity index (χ0v) is 13.1. The van der Waals surface area contributed by atoms with Gasteiger partial charge < -0.3 is 15.4 Å². The SMILES string of the molecule is COCCNC(=O)Cn1nc(C)c(CNC(C)C)c1C. The molecular formula is C14H26N4O2. The molecule has 2 N–H and O–H groups in total. The predicted octanol–water partition coefficient (Wildman–Crippen LogP) is 0.761. The summed E-state index contributed by atoms with van der Waals surface area (Å²) in [7, 11) is 1.61. The van der Waals surface area contributed by atoms with Gasteiger partial charge in [-0.05, 0) is 13.8 Å². The van der Waals surface area contributed by atoms with Crippen molar-refractivity contribution in [3.8, 4) is 0 Å². The van der Waals surface area contributed by atoms with Crippen LogP contribution in [0.1, 0.15) is 30.8 Å². The number of hydrogen-bond donors (Lipinski definition) is 2. The summed E-state index contributed by atoms with van der Waals surface area (Å²) in [5.41, 5.74) is 3.18. The summed E-state index contributed by atoms with van der Waals surface area (Å²) in [5.74, 6) is -0.0454.